The van der Waals surface area contributed by atoms with Gasteiger partial charge < -0.3 is 29.7 Å². The van der Waals surface area contributed by atoms with Crippen LogP contribution in [0.2, 0.25) is 0 Å². The number of fused-ring (bicyclic) bond motifs is 1. The molecule has 0 bridgehead atoms. The first-order chi connectivity index (χ1) is 20.5. The van der Waals surface area contributed by atoms with Crippen LogP contribution >= 0.6 is 0 Å². The Labute approximate surface area is 249 Å². The van der Waals surface area contributed by atoms with Crippen LogP contribution < -0.4 is 16.2 Å². The maximum absolute atomic E-state index is 13.4. The minimum Gasteiger partial charge on any atom is -0.345 e. The second-order valence-corrected chi connectivity index (χ2v) is 11.1. The zero-order valence-corrected chi connectivity index (χ0v) is 25.1. The zero-order valence-electron chi connectivity index (χ0n) is 25.1. The molecule has 226 valence electrons. The van der Waals surface area contributed by atoms with Crippen molar-refractivity contribution in [3.8, 4) is 0 Å². The molecule has 0 aliphatic heterocycles. The third-order valence-corrected chi connectivity index (χ3v) is 6.87. The highest BCUT2D eigenvalue weighted by Gasteiger charge is 2.23. The molecule has 1 unspecified atom stereocenters. The van der Waals surface area contributed by atoms with E-state index in [0.29, 0.717) is 18.2 Å². The predicted octanol–water partition coefficient (Wildman–Crippen LogP) is 2.87. The first kappa shape index (κ1) is 30.9. The minimum absolute atomic E-state index is 0.0715. The first-order valence-electron chi connectivity index (χ1n) is 14.1. The van der Waals surface area contributed by atoms with E-state index in [1.54, 1.807) is 44.0 Å². The number of imidazole rings is 2. The van der Waals surface area contributed by atoms with Crippen LogP contribution in [0.1, 0.15) is 48.6 Å². The number of rotatable bonds is 12. The van der Waals surface area contributed by atoms with Crippen molar-refractivity contribution in [2.45, 2.75) is 45.7 Å². The number of aromatic amines is 1. The van der Waals surface area contributed by atoms with E-state index < -0.39 is 23.4 Å². The Balaban J connectivity index is 1.52. The Kier molecular flexibility index (Phi) is 9.91. The van der Waals surface area contributed by atoms with Crippen molar-refractivity contribution in [3.05, 3.63) is 88.6 Å². The van der Waals surface area contributed by atoms with Crippen molar-refractivity contribution in [2.75, 3.05) is 19.4 Å². The molecule has 1 atom stereocenters. The number of hydrogen-bond acceptors (Lipinski definition) is 6. The van der Waals surface area contributed by atoms with Gasteiger partial charge in [-0.2, -0.15) is 0 Å². The number of amides is 3. The molecule has 3 aromatic heterocycles. The van der Waals surface area contributed by atoms with E-state index in [0.717, 1.165) is 23.0 Å². The number of aromatic nitrogens is 5. The fourth-order valence-corrected chi connectivity index (χ4v) is 4.63. The molecule has 1 aromatic carbocycles. The van der Waals surface area contributed by atoms with Crippen molar-refractivity contribution in [2.24, 2.45) is 13.0 Å². The van der Waals surface area contributed by atoms with Crippen molar-refractivity contribution in [1.29, 1.82) is 0 Å². The fraction of sp³-hybridized carbons (Fsp3) is 0.355. The summed E-state index contributed by atoms with van der Waals surface area (Å²) in [5.41, 5.74) is 2.87. The quantitative estimate of drug-likeness (QED) is 0.218. The summed E-state index contributed by atoms with van der Waals surface area (Å²) in [6.07, 6.45) is 9.01. The number of nitrogens with one attached hydrogen (secondary N) is 3. The molecule has 0 fully saturated rings. The van der Waals surface area contributed by atoms with Crippen LogP contribution in [0.3, 0.4) is 0 Å². The molecule has 4 rings (SSSR count). The molecule has 0 saturated heterocycles. The SMILES string of the molecule is CC(C)Cc1cccc2[nH]c(Cn3cccc(NC(=O)C(CC/C=C/C(=O)N(C)C)NC(=O)c4cncn4C)c3=O)nc12. The average Bonchev–Trinajstić information content (AvgIpc) is 3.58. The fourth-order valence-electron chi connectivity index (χ4n) is 4.63. The molecular formula is C31H38N8O4. The Hall–Kier alpha value is -5.00. The minimum atomic E-state index is -0.982. The van der Waals surface area contributed by atoms with Crippen LogP contribution in [0.25, 0.3) is 11.0 Å². The van der Waals surface area contributed by atoms with E-state index in [2.05, 4.69) is 40.5 Å². The second-order valence-electron chi connectivity index (χ2n) is 11.1. The Morgan fingerprint density at radius 1 is 1.14 bits per heavy atom. The van der Waals surface area contributed by atoms with Crippen LogP contribution in [-0.4, -0.2) is 66.8 Å². The molecule has 12 nitrogen and oxygen atoms in total. The number of likely N-dealkylation sites (N-methyl/N-ethyl adjacent to an activating group) is 1. The summed E-state index contributed by atoms with van der Waals surface area (Å²) >= 11 is 0. The van der Waals surface area contributed by atoms with Gasteiger partial charge in [0.15, 0.2) is 0 Å². The molecule has 0 spiro atoms. The highest BCUT2D eigenvalue weighted by atomic mass is 16.2. The maximum atomic E-state index is 13.4. The topological polar surface area (TPSA) is 147 Å². The van der Waals surface area contributed by atoms with E-state index in [-0.39, 0.29) is 30.3 Å². The van der Waals surface area contributed by atoms with Gasteiger partial charge in [0.25, 0.3) is 11.5 Å². The lowest BCUT2D eigenvalue weighted by molar-refractivity contribution is -0.123. The lowest BCUT2D eigenvalue weighted by atomic mass is 10.0. The van der Waals surface area contributed by atoms with Crippen LogP contribution in [0.4, 0.5) is 5.69 Å². The number of benzene rings is 1. The molecule has 4 aromatic rings. The maximum Gasteiger partial charge on any atom is 0.274 e. The lowest BCUT2D eigenvalue weighted by Crippen LogP contribution is -2.45. The summed E-state index contributed by atoms with van der Waals surface area (Å²) in [6, 6.07) is 8.22. The second kappa shape index (κ2) is 13.8. The first-order valence-corrected chi connectivity index (χ1v) is 14.1. The number of allylic oxidation sites excluding steroid dienone is 1. The predicted molar refractivity (Wildman–Crippen MR) is 165 cm³/mol. The number of aryl methyl sites for hydroxylation is 1. The number of hydrogen-bond donors (Lipinski definition) is 3. The summed E-state index contributed by atoms with van der Waals surface area (Å²) in [6.45, 7) is 4.50. The molecule has 0 aliphatic rings. The summed E-state index contributed by atoms with van der Waals surface area (Å²) < 4.78 is 3.01. The molecule has 43 heavy (non-hydrogen) atoms. The Morgan fingerprint density at radius 3 is 2.63 bits per heavy atom. The van der Waals surface area contributed by atoms with Gasteiger partial charge in [-0.25, -0.2) is 9.97 Å². The zero-order chi connectivity index (χ0) is 31.1. The molecule has 12 heteroatoms. The smallest absolute Gasteiger partial charge is 0.274 e. The summed E-state index contributed by atoms with van der Waals surface area (Å²) in [7, 11) is 4.95. The van der Waals surface area contributed by atoms with E-state index in [9.17, 15) is 19.2 Å². The average molecular weight is 587 g/mol. The van der Waals surface area contributed by atoms with Gasteiger partial charge in [-0.15, -0.1) is 0 Å². The van der Waals surface area contributed by atoms with Gasteiger partial charge >= 0.3 is 0 Å². The Morgan fingerprint density at radius 2 is 1.93 bits per heavy atom. The van der Waals surface area contributed by atoms with Crippen molar-refractivity contribution in [1.82, 2.24) is 34.3 Å². The van der Waals surface area contributed by atoms with E-state index in [1.165, 1.54) is 34.1 Å². The lowest BCUT2D eigenvalue weighted by Gasteiger charge is -2.18. The van der Waals surface area contributed by atoms with E-state index in [1.807, 2.05) is 12.1 Å². The molecule has 3 amide bonds. The largest absolute Gasteiger partial charge is 0.345 e. The van der Waals surface area contributed by atoms with Crippen molar-refractivity contribution < 1.29 is 14.4 Å². The monoisotopic (exact) mass is 586 g/mol. The van der Waals surface area contributed by atoms with Crippen LogP contribution in [0.5, 0.6) is 0 Å². The van der Waals surface area contributed by atoms with Crippen LogP contribution in [0.15, 0.2) is 66.0 Å². The third-order valence-electron chi connectivity index (χ3n) is 6.87. The summed E-state index contributed by atoms with van der Waals surface area (Å²) in [5, 5.41) is 5.42. The van der Waals surface area contributed by atoms with Gasteiger partial charge in [-0.1, -0.05) is 32.1 Å². The van der Waals surface area contributed by atoms with E-state index in [4.69, 9.17) is 4.98 Å². The van der Waals surface area contributed by atoms with Crippen molar-refractivity contribution >= 4 is 34.4 Å². The van der Waals surface area contributed by atoms with Gasteiger partial charge in [-0.3, -0.25) is 19.2 Å². The molecule has 0 saturated carbocycles. The van der Waals surface area contributed by atoms with Crippen molar-refractivity contribution in [3.63, 3.8) is 0 Å². The van der Waals surface area contributed by atoms with E-state index >= 15 is 0 Å². The molecule has 3 N–H and O–H groups in total. The molecule has 0 radical (unpaired) electrons. The number of para-hydroxylation sites is 1. The number of carbonyl (C=O) groups is 3. The molecule has 0 aliphatic carbocycles. The number of H-pyrrole nitrogens is 1. The Bertz CT molecular complexity index is 1700. The van der Waals surface area contributed by atoms with Crippen LogP contribution in [-0.2, 0) is 29.6 Å². The van der Waals surface area contributed by atoms with Gasteiger partial charge in [0.05, 0.1) is 30.1 Å². The highest BCUT2D eigenvalue weighted by Crippen LogP contribution is 2.20. The van der Waals surface area contributed by atoms with Gasteiger partial charge in [-0.05, 0) is 55.0 Å². The number of carbonyl (C=O) groups excluding carboxylic acids is 3. The van der Waals surface area contributed by atoms with Crippen LogP contribution in [0, 0.1) is 5.92 Å². The standard InChI is InChI=1S/C31H38N8O4/c1-20(2)16-21-10-8-12-22-28(21)36-26(33-22)18-39-15-9-13-24(31(39)43)35-29(41)23(11-6-7-14-27(40)37(3)4)34-30(42)25-17-32-19-38(25)5/h7-10,12-15,17,19-20,23H,6,11,16,18H2,1-5H3,(H,33,36)(H,34,42)(H,35,41)/b14-7+. The number of anilines is 1. The van der Waals surface area contributed by atoms with Gasteiger partial charge in [0, 0.05) is 27.3 Å². The molecule has 3 heterocycles. The highest BCUT2D eigenvalue weighted by molar-refractivity contribution is 6.00. The summed E-state index contributed by atoms with van der Waals surface area (Å²) in [5.74, 6) is -0.133. The summed E-state index contributed by atoms with van der Waals surface area (Å²) in [4.78, 5) is 65.0. The normalized spacial score (nSPS) is 12.1. The molecular weight excluding hydrogens is 548 g/mol. The third kappa shape index (κ3) is 7.85. The van der Waals surface area contributed by atoms with Gasteiger partial charge in [0.1, 0.15) is 23.2 Å². The number of pyridine rings is 1. The number of nitrogens with zero attached hydrogens (tertiary/aromatic N) is 5. The van der Waals surface area contributed by atoms with Gasteiger partial charge in [0.2, 0.25) is 11.8 Å².